The molecule has 1 saturated heterocycles. The molecule has 6 nitrogen and oxygen atoms in total. The summed E-state index contributed by atoms with van der Waals surface area (Å²) in [6.45, 7) is 0.638. The third-order valence-electron chi connectivity index (χ3n) is 2.72. The molecule has 0 aromatic heterocycles. The Kier molecular flexibility index (Phi) is 3.37. The summed E-state index contributed by atoms with van der Waals surface area (Å²) in [5, 5.41) is 18.7. The van der Waals surface area contributed by atoms with Crippen LogP contribution in [0.15, 0.2) is 10.6 Å². The maximum Gasteiger partial charge on any atom is 0.353 e. The van der Waals surface area contributed by atoms with Crippen LogP contribution in [0.25, 0.3) is 0 Å². The van der Waals surface area contributed by atoms with Gasteiger partial charge >= 0.3 is 5.97 Å². The Morgan fingerprint density at radius 3 is 3.06 bits per heavy atom. The third kappa shape index (κ3) is 2.14. The van der Waals surface area contributed by atoms with E-state index >= 15 is 0 Å². The molecule has 3 N–H and O–H groups in total. The molecule has 1 amide bonds. The number of nitrogens with zero attached hydrogens (tertiary/aromatic N) is 1. The summed E-state index contributed by atoms with van der Waals surface area (Å²) in [5.74, 6) is -1.13. The molecular formula is C10H13N3O3S. The topological polar surface area (TPSA) is 93.5 Å². The summed E-state index contributed by atoms with van der Waals surface area (Å²) in [6.07, 6.45) is 2.94. The first-order valence-electron chi connectivity index (χ1n) is 5.32. The summed E-state index contributed by atoms with van der Waals surface area (Å²) >= 11 is 1.48. The SMILES string of the molecule is N=CNCCCC1=C(C(=O)O)N2C(=O)C[C@@H]2S1. The van der Waals surface area contributed by atoms with Crippen molar-refractivity contribution in [3.8, 4) is 0 Å². The van der Waals surface area contributed by atoms with Crippen LogP contribution < -0.4 is 5.32 Å². The number of hydrogen-bond donors (Lipinski definition) is 3. The van der Waals surface area contributed by atoms with Gasteiger partial charge in [0, 0.05) is 11.4 Å². The number of carbonyl (C=O) groups excluding carboxylic acids is 1. The molecule has 2 rings (SSSR count). The van der Waals surface area contributed by atoms with Gasteiger partial charge < -0.3 is 10.4 Å². The first-order valence-corrected chi connectivity index (χ1v) is 6.20. The van der Waals surface area contributed by atoms with E-state index in [1.54, 1.807) is 0 Å². The first-order chi connectivity index (χ1) is 8.15. The minimum Gasteiger partial charge on any atom is -0.477 e. The average Bonchev–Trinajstić information content (AvgIpc) is 2.57. The van der Waals surface area contributed by atoms with E-state index < -0.39 is 5.97 Å². The van der Waals surface area contributed by atoms with Crippen molar-refractivity contribution in [2.75, 3.05) is 6.54 Å². The molecule has 0 aromatic carbocycles. The summed E-state index contributed by atoms with van der Waals surface area (Å²) in [6, 6.07) is 0. The molecule has 0 spiro atoms. The Hall–Kier alpha value is -1.50. The Balaban J connectivity index is 2.02. The Morgan fingerprint density at radius 1 is 1.71 bits per heavy atom. The van der Waals surface area contributed by atoms with Crippen molar-refractivity contribution in [1.29, 1.82) is 5.41 Å². The van der Waals surface area contributed by atoms with E-state index in [-0.39, 0.29) is 17.0 Å². The van der Waals surface area contributed by atoms with E-state index in [9.17, 15) is 9.59 Å². The Morgan fingerprint density at radius 2 is 2.47 bits per heavy atom. The average molecular weight is 255 g/mol. The maximum atomic E-state index is 11.3. The van der Waals surface area contributed by atoms with Gasteiger partial charge in [0.1, 0.15) is 5.70 Å². The summed E-state index contributed by atoms with van der Waals surface area (Å²) in [7, 11) is 0. The number of carboxylic acids is 1. The van der Waals surface area contributed by atoms with Crippen molar-refractivity contribution in [2.24, 2.45) is 0 Å². The lowest BCUT2D eigenvalue weighted by Crippen LogP contribution is -2.48. The van der Waals surface area contributed by atoms with Gasteiger partial charge in [0.15, 0.2) is 0 Å². The van der Waals surface area contributed by atoms with Crippen molar-refractivity contribution in [3.05, 3.63) is 10.6 Å². The monoisotopic (exact) mass is 255 g/mol. The minimum atomic E-state index is -1.02. The van der Waals surface area contributed by atoms with Crippen LogP contribution in [0.1, 0.15) is 19.3 Å². The normalized spacial score (nSPS) is 22.2. The second-order valence-electron chi connectivity index (χ2n) is 3.82. The van der Waals surface area contributed by atoms with Gasteiger partial charge in [-0.1, -0.05) is 0 Å². The van der Waals surface area contributed by atoms with Gasteiger partial charge in [0.05, 0.1) is 18.1 Å². The third-order valence-corrected chi connectivity index (χ3v) is 4.05. The van der Waals surface area contributed by atoms with Crippen LogP contribution in [0.4, 0.5) is 0 Å². The molecule has 0 bridgehead atoms. The number of hydrogen-bond acceptors (Lipinski definition) is 4. The number of carboxylic acid groups (broad SMARTS) is 1. The minimum absolute atomic E-state index is 0.000651. The fraction of sp³-hybridized carbons (Fsp3) is 0.500. The highest BCUT2D eigenvalue weighted by atomic mass is 32.2. The molecule has 2 aliphatic rings. The van der Waals surface area contributed by atoms with E-state index in [0.717, 1.165) is 17.7 Å². The number of rotatable bonds is 6. The van der Waals surface area contributed by atoms with E-state index in [0.29, 0.717) is 19.4 Å². The molecule has 1 fully saturated rings. The van der Waals surface area contributed by atoms with Gasteiger partial charge in [-0.15, -0.1) is 11.8 Å². The number of amides is 1. The van der Waals surface area contributed by atoms with Crippen LogP contribution in [-0.2, 0) is 9.59 Å². The van der Waals surface area contributed by atoms with E-state index in [1.807, 2.05) is 0 Å². The lowest BCUT2D eigenvalue weighted by Gasteiger charge is -2.33. The molecule has 2 heterocycles. The van der Waals surface area contributed by atoms with Crippen molar-refractivity contribution >= 4 is 30.0 Å². The number of fused-ring (bicyclic) bond motifs is 1. The highest BCUT2D eigenvalue weighted by molar-refractivity contribution is 8.04. The molecule has 0 aromatic rings. The van der Waals surface area contributed by atoms with Crippen LogP contribution >= 0.6 is 11.8 Å². The first kappa shape index (κ1) is 12.0. The molecule has 0 aliphatic carbocycles. The lowest BCUT2D eigenvalue weighted by atomic mass is 10.1. The van der Waals surface area contributed by atoms with Gasteiger partial charge in [0.2, 0.25) is 5.91 Å². The van der Waals surface area contributed by atoms with Gasteiger partial charge in [-0.2, -0.15) is 0 Å². The molecule has 0 saturated carbocycles. The summed E-state index contributed by atoms with van der Waals surface area (Å²) in [4.78, 5) is 24.6. The van der Waals surface area contributed by atoms with E-state index in [2.05, 4.69) is 5.32 Å². The number of aliphatic carboxylic acids is 1. The number of thioether (sulfide) groups is 1. The highest BCUT2D eigenvalue weighted by Crippen LogP contribution is 2.47. The second kappa shape index (κ2) is 4.79. The van der Waals surface area contributed by atoms with Crippen LogP contribution in [0.3, 0.4) is 0 Å². The van der Waals surface area contributed by atoms with Crippen LogP contribution in [0.5, 0.6) is 0 Å². The van der Waals surface area contributed by atoms with Gasteiger partial charge in [-0.25, -0.2) is 4.79 Å². The molecule has 92 valence electrons. The van der Waals surface area contributed by atoms with E-state index in [4.69, 9.17) is 10.5 Å². The number of nitrogens with one attached hydrogen (secondary N) is 2. The van der Waals surface area contributed by atoms with Gasteiger partial charge in [0.25, 0.3) is 0 Å². The zero-order valence-electron chi connectivity index (χ0n) is 9.10. The van der Waals surface area contributed by atoms with Gasteiger partial charge in [-0.05, 0) is 12.8 Å². The van der Waals surface area contributed by atoms with Crippen LogP contribution in [-0.4, -0.2) is 40.1 Å². The zero-order valence-corrected chi connectivity index (χ0v) is 9.92. The van der Waals surface area contributed by atoms with Crippen molar-refractivity contribution < 1.29 is 14.7 Å². The Labute approximate surface area is 103 Å². The number of carbonyl (C=O) groups is 2. The molecule has 0 radical (unpaired) electrons. The largest absolute Gasteiger partial charge is 0.477 e. The Bertz CT molecular complexity index is 408. The number of allylic oxidation sites excluding steroid dienone is 1. The fourth-order valence-corrected chi connectivity index (χ4v) is 3.37. The van der Waals surface area contributed by atoms with E-state index in [1.165, 1.54) is 16.7 Å². The summed E-state index contributed by atoms with van der Waals surface area (Å²) in [5.41, 5.74) is 0.158. The van der Waals surface area contributed by atoms with Crippen LogP contribution in [0.2, 0.25) is 0 Å². The molecular weight excluding hydrogens is 242 g/mol. The van der Waals surface area contributed by atoms with Crippen LogP contribution in [0, 0.1) is 5.41 Å². The zero-order chi connectivity index (χ0) is 12.4. The molecule has 2 aliphatic heterocycles. The predicted molar refractivity (Wildman–Crippen MR) is 63.5 cm³/mol. The van der Waals surface area contributed by atoms with Crippen molar-refractivity contribution in [3.63, 3.8) is 0 Å². The summed E-state index contributed by atoms with van der Waals surface area (Å²) < 4.78 is 0. The highest BCUT2D eigenvalue weighted by Gasteiger charge is 2.47. The number of β-lactam (4-membered cyclic amide) rings is 1. The maximum absolute atomic E-state index is 11.3. The molecule has 7 heteroatoms. The molecule has 1 atom stereocenters. The molecule has 0 unspecified atom stereocenters. The van der Waals surface area contributed by atoms with Crippen molar-refractivity contribution in [1.82, 2.24) is 10.2 Å². The quantitative estimate of drug-likeness (QED) is 0.279. The predicted octanol–water partition coefficient (Wildman–Crippen LogP) is 0.565. The lowest BCUT2D eigenvalue weighted by molar-refractivity contribution is -0.145. The second-order valence-corrected chi connectivity index (χ2v) is 5.09. The van der Waals surface area contributed by atoms with Crippen molar-refractivity contribution in [2.45, 2.75) is 24.6 Å². The molecule has 17 heavy (non-hydrogen) atoms. The van der Waals surface area contributed by atoms with Gasteiger partial charge in [-0.3, -0.25) is 15.1 Å². The standard InChI is InChI=1S/C10H13N3O3S/c11-5-12-3-1-2-6-9(10(15)16)13-7(14)4-8(13)17-6/h5,8H,1-4H2,(H2,11,12)(H,15,16)/t8-/m0/s1. The fourth-order valence-electron chi connectivity index (χ4n) is 1.93. The smallest absolute Gasteiger partial charge is 0.353 e.